The van der Waals surface area contributed by atoms with E-state index in [0.29, 0.717) is 13.2 Å². The number of carbonyl (C=O) groups is 1. The van der Waals surface area contributed by atoms with E-state index in [1.807, 2.05) is 20.8 Å². The highest BCUT2D eigenvalue weighted by Gasteiger charge is 2.53. The highest BCUT2D eigenvalue weighted by molar-refractivity contribution is 5.79. The van der Waals surface area contributed by atoms with Gasteiger partial charge >= 0.3 is 5.97 Å². The zero-order chi connectivity index (χ0) is 11.8. The second-order valence-corrected chi connectivity index (χ2v) is 5.78. The van der Waals surface area contributed by atoms with Gasteiger partial charge in [0, 0.05) is 6.04 Å². The van der Waals surface area contributed by atoms with E-state index >= 15 is 0 Å². The third-order valence-electron chi connectivity index (χ3n) is 3.31. The lowest BCUT2D eigenvalue weighted by atomic mass is 9.76. The van der Waals surface area contributed by atoms with Crippen LogP contribution in [-0.2, 0) is 14.3 Å². The SMILES string of the molecule is CC(C)(C)OC(=O)[C@@]12CCCN[C@H]1COC2. The fourth-order valence-electron chi connectivity index (χ4n) is 2.48. The molecule has 2 aliphatic heterocycles. The molecule has 0 unspecified atom stereocenters. The van der Waals surface area contributed by atoms with Gasteiger partial charge in [-0.2, -0.15) is 0 Å². The molecule has 0 spiro atoms. The molecule has 0 aliphatic carbocycles. The predicted octanol–water partition coefficient (Wildman–Crippen LogP) is 1.10. The van der Waals surface area contributed by atoms with Gasteiger partial charge in [0.1, 0.15) is 11.0 Å². The Labute approximate surface area is 96.7 Å². The zero-order valence-corrected chi connectivity index (χ0v) is 10.3. The monoisotopic (exact) mass is 227 g/mol. The van der Waals surface area contributed by atoms with Gasteiger partial charge in [-0.1, -0.05) is 0 Å². The average Bonchev–Trinajstić information content (AvgIpc) is 2.59. The summed E-state index contributed by atoms with van der Waals surface area (Å²) in [4.78, 5) is 12.3. The van der Waals surface area contributed by atoms with E-state index < -0.39 is 11.0 Å². The smallest absolute Gasteiger partial charge is 0.316 e. The Morgan fingerprint density at radius 3 is 2.94 bits per heavy atom. The quantitative estimate of drug-likeness (QED) is 0.681. The van der Waals surface area contributed by atoms with Crippen molar-refractivity contribution >= 4 is 5.97 Å². The lowest BCUT2D eigenvalue weighted by Crippen LogP contribution is -2.54. The van der Waals surface area contributed by atoms with Crippen LogP contribution >= 0.6 is 0 Å². The van der Waals surface area contributed by atoms with Crippen LogP contribution in [0.2, 0.25) is 0 Å². The molecule has 4 heteroatoms. The second kappa shape index (κ2) is 4.00. The molecule has 0 saturated carbocycles. The minimum Gasteiger partial charge on any atom is -0.459 e. The third kappa shape index (κ3) is 2.09. The van der Waals surface area contributed by atoms with Gasteiger partial charge in [-0.05, 0) is 40.2 Å². The van der Waals surface area contributed by atoms with Gasteiger partial charge in [0.2, 0.25) is 0 Å². The fourth-order valence-corrected chi connectivity index (χ4v) is 2.48. The highest BCUT2D eigenvalue weighted by Crippen LogP contribution is 2.38. The summed E-state index contributed by atoms with van der Waals surface area (Å²) in [6.45, 7) is 7.81. The van der Waals surface area contributed by atoms with Gasteiger partial charge in [-0.15, -0.1) is 0 Å². The summed E-state index contributed by atoms with van der Waals surface area (Å²) >= 11 is 0. The maximum absolute atomic E-state index is 12.3. The van der Waals surface area contributed by atoms with Crippen LogP contribution in [-0.4, -0.2) is 37.4 Å². The molecular formula is C12H21NO3. The van der Waals surface area contributed by atoms with Crippen LogP contribution in [0, 0.1) is 5.41 Å². The van der Waals surface area contributed by atoms with Gasteiger partial charge in [0.25, 0.3) is 0 Å². The van der Waals surface area contributed by atoms with Crippen LogP contribution < -0.4 is 5.32 Å². The van der Waals surface area contributed by atoms with Crippen LogP contribution in [0.15, 0.2) is 0 Å². The first-order valence-electron chi connectivity index (χ1n) is 5.99. The van der Waals surface area contributed by atoms with Crippen molar-refractivity contribution in [2.45, 2.75) is 45.3 Å². The van der Waals surface area contributed by atoms with Crippen LogP contribution in [0.4, 0.5) is 0 Å². The Morgan fingerprint density at radius 2 is 2.25 bits per heavy atom. The van der Waals surface area contributed by atoms with Crippen molar-refractivity contribution in [1.82, 2.24) is 5.32 Å². The molecular weight excluding hydrogens is 206 g/mol. The molecule has 92 valence electrons. The Hall–Kier alpha value is -0.610. The van der Waals surface area contributed by atoms with E-state index in [1.54, 1.807) is 0 Å². The van der Waals surface area contributed by atoms with Crippen molar-refractivity contribution in [2.75, 3.05) is 19.8 Å². The second-order valence-electron chi connectivity index (χ2n) is 5.78. The molecule has 0 aromatic carbocycles. The number of nitrogens with one attached hydrogen (secondary N) is 1. The van der Waals surface area contributed by atoms with E-state index in [2.05, 4.69) is 5.32 Å². The molecule has 0 aromatic heterocycles. The first-order chi connectivity index (χ1) is 7.44. The van der Waals surface area contributed by atoms with Crippen molar-refractivity contribution in [3.63, 3.8) is 0 Å². The molecule has 2 fully saturated rings. The number of rotatable bonds is 1. The van der Waals surface area contributed by atoms with Gasteiger partial charge < -0.3 is 14.8 Å². The minimum atomic E-state index is -0.439. The lowest BCUT2D eigenvalue weighted by Gasteiger charge is -2.37. The van der Waals surface area contributed by atoms with Crippen molar-refractivity contribution in [3.05, 3.63) is 0 Å². The molecule has 0 amide bonds. The molecule has 4 nitrogen and oxygen atoms in total. The first-order valence-corrected chi connectivity index (χ1v) is 5.99. The molecule has 2 aliphatic rings. The summed E-state index contributed by atoms with van der Waals surface area (Å²) in [7, 11) is 0. The van der Waals surface area contributed by atoms with Crippen LogP contribution in [0.25, 0.3) is 0 Å². The van der Waals surface area contributed by atoms with Crippen molar-refractivity contribution in [3.8, 4) is 0 Å². The van der Waals surface area contributed by atoms with E-state index in [-0.39, 0.29) is 12.0 Å². The van der Waals surface area contributed by atoms with Gasteiger partial charge in [0.15, 0.2) is 0 Å². The highest BCUT2D eigenvalue weighted by atomic mass is 16.6. The standard InChI is InChI=1S/C12H21NO3/c1-11(2,3)16-10(14)12-5-4-6-13-9(12)7-15-8-12/h9,13H,4-8H2,1-3H3/t9-,12+/m0/s1. The Kier molecular flexibility index (Phi) is 2.97. The Balaban J connectivity index is 2.13. The number of piperidine rings is 1. The van der Waals surface area contributed by atoms with Gasteiger partial charge in [0.05, 0.1) is 13.2 Å². The molecule has 2 atom stereocenters. The van der Waals surface area contributed by atoms with Crippen molar-refractivity contribution < 1.29 is 14.3 Å². The maximum atomic E-state index is 12.3. The largest absolute Gasteiger partial charge is 0.459 e. The summed E-state index contributed by atoms with van der Waals surface area (Å²) in [5.74, 6) is -0.102. The molecule has 1 N–H and O–H groups in total. The van der Waals surface area contributed by atoms with Gasteiger partial charge in [-0.25, -0.2) is 0 Å². The maximum Gasteiger partial charge on any atom is 0.316 e. The van der Waals surface area contributed by atoms with Crippen LogP contribution in [0.5, 0.6) is 0 Å². The number of esters is 1. The number of ether oxygens (including phenoxy) is 2. The minimum absolute atomic E-state index is 0.102. The Bertz CT molecular complexity index is 284. The van der Waals surface area contributed by atoms with Crippen LogP contribution in [0.3, 0.4) is 0 Å². The van der Waals surface area contributed by atoms with Gasteiger partial charge in [-0.3, -0.25) is 4.79 Å². The normalized spacial score (nSPS) is 34.6. The van der Waals surface area contributed by atoms with E-state index in [1.165, 1.54) is 0 Å². The van der Waals surface area contributed by atoms with Crippen LogP contribution in [0.1, 0.15) is 33.6 Å². The van der Waals surface area contributed by atoms with E-state index in [9.17, 15) is 4.79 Å². The third-order valence-corrected chi connectivity index (χ3v) is 3.31. The molecule has 2 rings (SSSR count). The number of hydrogen-bond acceptors (Lipinski definition) is 4. The topological polar surface area (TPSA) is 47.6 Å². The van der Waals surface area contributed by atoms with Crippen molar-refractivity contribution in [1.29, 1.82) is 0 Å². The first kappa shape index (κ1) is 11.9. The molecule has 2 heterocycles. The lowest BCUT2D eigenvalue weighted by molar-refractivity contribution is -0.170. The van der Waals surface area contributed by atoms with Crippen molar-refractivity contribution in [2.24, 2.45) is 5.41 Å². The molecule has 16 heavy (non-hydrogen) atoms. The fraction of sp³-hybridized carbons (Fsp3) is 0.917. The summed E-state index contributed by atoms with van der Waals surface area (Å²) in [5.41, 5.74) is -0.859. The number of hydrogen-bond donors (Lipinski definition) is 1. The number of carbonyl (C=O) groups excluding carboxylic acids is 1. The molecule has 0 aromatic rings. The predicted molar refractivity (Wildman–Crippen MR) is 60.1 cm³/mol. The van der Waals surface area contributed by atoms with E-state index in [4.69, 9.17) is 9.47 Å². The van der Waals surface area contributed by atoms with E-state index in [0.717, 1.165) is 19.4 Å². The molecule has 2 saturated heterocycles. The summed E-state index contributed by atoms with van der Waals surface area (Å²) in [5, 5.41) is 3.36. The molecule has 0 bridgehead atoms. The summed E-state index contributed by atoms with van der Waals surface area (Å²) in [6, 6.07) is 0.135. The average molecular weight is 227 g/mol. The summed E-state index contributed by atoms with van der Waals surface area (Å²) < 4.78 is 11.0. The summed E-state index contributed by atoms with van der Waals surface area (Å²) in [6.07, 6.45) is 1.89. The molecule has 0 radical (unpaired) electrons. The number of fused-ring (bicyclic) bond motifs is 1. The Morgan fingerprint density at radius 1 is 1.50 bits per heavy atom. The zero-order valence-electron chi connectivity index (χ0n) is 10.3.